The summed E-state index contributed by atoms with van der Waals surface area (Å²) < 4.78 is 0. The van der Waals surface area contributed by atoms with Crippen molar-refractivity contribution in [1.29, 1.82) is 0 Å². The first-order valence-corrected chi connectivity index (χ1v) is 11.9. The number of carbonyl (C=O) groups excluding carboxylic acids is 3. The van der Waals surface area contributed by atoms with Crippen LogP contribution in [0, 0.1) is 5.92 Å². The van der Waals surface area contributed by atoms with E-state index in [0.717, 1.165) is 12.0 Å². The average molecular weight is 490 g/mol. The van der Waals surface area contributed by atoms with Crippen LogP contribution in [0.1, 0.15) is 49.0 Å². The van der Waals surface area contributed by atoms with Crippen LogP contribution in [-0.2, 0) is 16.1 Å². The number of hydrogen-bond donors (Lipinski definition) is 2. The fourth-order valence-electron chi connectivity index (χ4n) is 4.01. The van der Waals surface area contributed by atoms with E-state index < -0.39 is 18.0 Å². The second-order valence-corrected chi connectivity index (χ2v) is 9.52. The molecule has 0 spiro atoms. The topological polar surface area (TPSA) is 78.5 Å². The molecule has 0 saturated carbocycles. The molecule has 1 heterocycles. The van der Waals surface area contributed by atoms with Crippen LogP contribution in [-0.4, -0.2) is 41.2 Å². The van der Waals surface area contributed by atoms with E-state index in [2.05, 4.69) is 10.6 Å². The molecule has 1 fully saturated rings. The zero-order valence-corrected chi connectivity index (χ0v) is 20.3. The number of rotatable bonds is 8. The summed E-state index contributed by atoms with van der Waals surface area (Å²) in [6, 6.07) is 12.9. The van der Waals surface area contributed by atoms with Crippen molar-refractivity contribution in [3.05, 3.63) is 69.7 Å². The first-order valence-electron chi connectivity index (χ1n) is 11.1. The number of halogens is 2. The summed E-state index contributed by atoms with van der Waals surface area (Å²) >= 11 is 12.1. The summed E-state index contributed by atoms with van der Waals surface area (Å²) in [6.45, 7) is 4.85. The molecule has 8 heteroatoms. The summed E-state index contributed by atoms with van der Waals surface area (Å²) in [5.74, 6) is -0.715. The SMILES string of the molecule is CC(C)C[C@H](NC(=O)c1ccc(Cl)cc1Cl)C(=O)N1CCC[C@H]1C(=O)NCc1ccccc1. The zero-order chi connectivity index (χ0) is 24.0. The van der Waals surface area contributed by atoms with Crippen molar-refractivity contribution < 1.29 is 14.4 Å². The van der Waals surface area contributed by atoms with Crippen LogP contribution in [0.2, 0.25) is 10.0 Å². The van der Waals surface area contributed by atoms with Gasteiger partial charge in [-0.05, 0) is 48.9 Å². The minimum absolute atomic E-state index is 0.160. The molecule has 2 N–H and O–H groups in total. The first-order chi connectivity index (χ1) is 15.8. The second kappa shape index (κ2) is 11.5. The fraction of sp³-hybridized carbons (Fsp3) is 0.400. The molecule has 33 heavy (non-hydrogen) atoms. The van der Waals surface area contributed by atoms with Crippen molar-refractivity contribution >= 4 is 40.9 Å². The van der Waals surface area contributed by atoms with Crippen molar-refractivity contribution in [2.24, 2.45) is 5.92 Å². The van der Waals surface area contributed by atoms with Crippen LogP contribution < -0.4 is 10.6 Å². The van der Waals surface area contributed by atoms with Gasteiger partial charge in [-0.25, -0.2) is 0 Å². The number of amides is 3. The molecule has 1 saturated heterocycles. The highest BCUT2D eigenvalue weighted by molar-refractivity contribution is 6.36. The molecule has 3 rings (SSSR count). The van der Waals surface area contributed by atoms with Gasteiger partial charge in [-0.1, -0.05) is 67.4 Å². The number of likely N-dealkylation sites (tertiary alicyclic amines) is 1. The van der Waals surface area contributed by atoms with E-state index >= 15 is 0 Å². The number of carbonyl (C=O) groups is 3. The summed E-state index contributed by atoms with van der Waals surface area (Å²) in [7, 11) is 0. The third-order valence-corrected chi connectivity index (χ3v) is 6.18. The Kier molecular flexibility index (Phi) is 8.75. The van der Waals surface area contributed by atoms with E-state index in [0.29, 0.717) is 31.0 Å². The molecule has 2 atom stereocenters. The van der Waals surface area contributed by atoms with E-state index in [1.165, 1.54) is 12.1 Å². The van der Waals surface area contributed by atoms with Crippen LogP contribution in [0.5, 0.6) is 0 Å². The summed E-state index contributed by atoms with van der Waals surface area (Å²) in [6.07, 6.45) is 1.78. The molecule has 2 aromatic rings. The molecule has 3 amide bonds. The van der Waals surface area contributed by atoms with Crippen molar-refractivity contribution in [3.63, 3.8) is 0 Å². The lowest BCUT2D eigenvalue weighted by Crippen LogP contribution is -2.53. The van der Waals surface area contributed by atoms with Crippen LogP contribution >= 0.6 is 23.2 Å². The van der Waals surface area contributed by atoms with Gasteiger partial charge in [0.25, 0.3) is 5.91 Å². The van der Waals surface area contributed by atoms with Gasteiger partial charge in [0.1, 0.15) is 12.1 Å². The Morgan fingerprint density at radius 2 is 1.82 bits per heavy atom. The largest absolute Gasteiger partial charge is 0.350 e. The van der Waals surface area contributed by atoms with Gasteiger partial charge in [-0.3, -0.25) is 14.4 Å². The highest BCUT2D eigenvalue weighted by Crippen LogP contribution is 2.23. The van der Waals surface area contributed by atoms with E-state index in [1.54, 1.807) is 11.0 Å². The fourth-order valence-corrected chi connectivity index (χ4v) is 4.50. The molecule has 2 aromatic carbocycles. The van der Waals surface area contributed by atoms with E-state index in [-0.39, 0.29) is 28.3 Å². The zero-order valence-electron chi connectivity index (χ0n) is 18.8. The molecule has 0 radical (unpaired) electrons. The van der Waals surface area contributed by atoms with Crippen LogP contribution in [0.15, 0.2) is 48.5 Å². The van der Waals surface area contributed by atoms with Crippen molar-refractivity contribution in [2.45, 2.75) is 51.7 Å². The maximum absolute atomic E-state index is 13.5. The summed E-state index contributed by atoms with van der Waals surface area (Å²) in [5, 5.41) is 6.41. The van der Waals surface area contributed by atoms with Crippen LogP contribution in [0.3, 0.4) is 0 Å². The molecule has 0 unspecified atom stereocenters. The van der Waals surface area contributed by atoms with Gasteiger partial charge < -0.3 is 15.5 Å². The molecular formula is C25H29Cl2N3O3. The van der Waals surface area contributed by atoms with Gasteiger partial charge in [0.15, 0.2) is 0 Å². The molecule has 0 bridgehead atoms. The molecule has 0 aliphatic carbocycles. The van der Waals surface area contributed by atoms with Gasteiger partial charge in [0.05, 0.1) is 10.6 Å². The predicted molar refractivity (Wildman–Crippen MR) is 130 cm³/mol. The summed E-state index contributed by atoms with van der Waals surface area (Å²) in [4.78, 5) is 40.8. The Hall–Kier alpha value is -2.57. The normalized spacial score (nSPS) is 16.5. The quantitative estimate of drug-likeness (QED) is 0.574. The molecule has 176 valence electrons. The Morgan fingerprint density at radius 3 is 2.48 bits per heavy atom. The Bertz CT molecular complexity index is 998. The Balaban J connectivity index is 1.70. The molecular weight excluding hydrogens is 461 g/mol. The van der Waals surface area contributed by atoms with Crippen LogP contribution in [0.25, 0.3) is 0 Å². The van der Waals surface area contributed by atoms with Crippen molar-refractivity contribution in [2.75, 3.05) is 6.54 Å². The minimum Gasteiger partial charge on any atom is -0.350 e. The van der Waals surface area contributed by atoms with Gasteiger partial charge in [-0.2, -0.15) is 0 Å². The number of nitrogens with zero attached hydrogens (tertiary/aromatic N) is 1. The van der Waals surface area contributed by atoms with Gasteiger partial charge in [-0.15, -0.1) is 0 Å². The smallest absolute Gasteiger partial charge is 0.253 e. The Labute approximate surface area is 204 Å². The lowest BCUT2D eigenvalue weighted by Gasteiger charge is -2.29. The lowest BCUT2D eigenvalue weighted by atomic mass is 10.0. The van der Waals surface area contributed by atoms with Crippen molar-refractivity contribution in [3.8, 4) is 0 Å². The standard InChI is InChI=1S/C25H29Cl2N3O3/c1-16(2)13-21(29-23(31)19-11-10-18(26)14-20(19)27)25(33)30-12-6-9-22(30)24(32)28-15-17-7-4-3-5-8-17/h3-5,7-8,10-11,14,16,21-22H,6,9,12-13,15H2,1-2H3,(H,28,32)(H,29,31)/t21-,22-/m0/s1. The highest BCUT2D eigenvalue weighted by Gasteiger charge is 2.37. The number of nitrogens with one attached hydrogen (secondary N) is 2. The van der Waals surface area contributed by atoms with Gasteiger partial charge in [0, 0.05) is 18.1 Å². The third kappa shape index (κ3) is 6.71. The van der Waals surface area contributed by atoms with Gasteiger partial charge >= 0.3 is 0 Å². The monoisotopic (exact) mass is 489 g/mol. The van der Waals surface area contributed by atoms with Crippen molar-refractivity contribution in [1.82, 2.24) is 15.5 Å². The molecule has 6 nitrogen and oxygen atoms in total. The predicted octanol–water partition coefficient (Wildman–Crippen LogP) is 4.45. The molecule has 0 aromatic heterocycles. The molecule has 1 aliphatic heterocycles. The average Bonchev–Trinajstić information content (AvgIpc) is 3.27. The lowest BCUT2D eigenvalue weighted by molar-refractivity contribution is -0.140. The van der Waals surface area contributed by atoms with Crippen LogP contribution in [0.4, 0.5) is 0 Å². The van der Waals surface area contributed by atoms with Gasteiger partial charge in [0.2, 0.25) is 11.8 Å². The third-order valence-electron chi connectivity index (χ3n) is 5.63. The molecule has 1 aliphatic rings. The maximum Gasteiger partial charge on any atom is 0.253 e. The van der Waals surface area contributed by atoms with E-state index in [4.69, 9.17) is 23.2 Å². The Morgan fingerprint density at radius 1 is 1.09 bits per heavy atom. The second-order valence-electron chi connectivity index (χ2n) is 8.67. The first kappa shape index (κ1) is 25.1. The van der Waals surface area contributed by atoms with E-state index in [9.17, 15) is 14.4 Å². The number of benzene rings is 2. The van der Waals surface area contributed by atoms with E-state index in [1.807, 2.05) is 44.2 Å². The minimum atomic E-state index is -0.758. The summed E-state index contributed by atoms with van der Waals surface area (Å²) in [5.41, 5.74) is 1.24. The maximum atomic E-state index is 13.5. The highest BCUT2D eigenvalue weighted by atomic mass is 35.5. The number of hydrogen-bond acceptors (Lipinski definition) is 3.